The fourth-order valence-electron chi connectivity index (χ4n) is 5.74. The number of aliphatic hydroxyl groups excluding tert-OH is 2. The number of nitrogens with zero attached hydrogens (tertiary/aromatic N) is 2. The van der Waals surface area contributed by atoms with Crippen LogP contribution in [0.2, 0.25) is 0 Å². The van der Waals surface area contributed by atoms with Crippen molar-refractivity contribution in [3.63, 3.8) is 0 Å². The summed E-state index contributed by atoms with van der Waals surface area (Å²) in [7, 11) is 1.62. The number of pyridine rings is 1. The largest absolute Gasteiger partial charge is 0.497 e. The summed E-state index contributed by atoms with van der Waals surface area (Å²) in [5.74, 6) is 0.806. The lowest BCUT2D eigenvalue weighted by Crippen LogP contribution is -2.43. The van der Waals surface area contributed by atoms with Crippen LogP contribution >= 0.6 is 11.8 Å². The monoisotopic (exact) mass is 587 g/mol. The lowest BCUT2D eigenvalue weighted by atomic mass is 9.81. The number of piperidine rings is 2. The lowest BCUT2D eigenvalue weighted by Gasteiger charge is -2.38. The Balaban J connectivity index is 0.000000572. The number of aliphatic hydroxyl groups is 2. The molecule has 9 heteroatoms. The number of halogens is 2. The highest BCUT2D eigenvalue weighted by molar-refractivity contribution is 7.99. The van der Waals surface area contributed by atoms with E-state index in [1.807, 2.05) is 24.3 Å². The molecule has 3 heterocycles. The maximum Gasteiger partial charge on any atom is 0.127 e. The van der Waals surface area contributed by atoms with Crippen LogP contribution in [0.4, 0.5) is 8.78 Å². The van der Waals surface area contributed by atoms with Crippen LogP contribution < -0.4 is 10.1 Å². The molecule has 0 saturated carbocycles. The van der Waals surface area contributed by atoms with E-state index in [0.717, 1.165) is 66.5 Å². The summed E-state index contributed by atoms with van der Waals surface area (Å²) in [6.07, 6.45) is 7.70. The Labute approximate surface area is 246 Å². The molecule has 0 bridgehead atoms. The molecule has 2 fully saturated rings. The molecular weight excluding hydrogens is 544 g/mol. The van der Waals surface area contributed by atoms with Crippen LogP contribution in [0.5, 0.6) is 5.75 Å². The van der Waals surface area contributed by atoms with Crippen molar-refractivity contribution in [2.45, 2.75) is 49.5 Å². The molecule has 2 aliphatic heterocycles. The summed E-state index contributed by atoms with van der Waals surface area (Å²) in [4.78, 5) is 7.29. The first kappa shape index (κ1) is 31.6. The van der Waals surface area contributed by atoms with E-state index >= 15 is 0 Å². The molecule has 5 rings (SSSR count). The number of benzene rings is 2. The first-order chi connectivity index (χ1) is 20.0. The highest BCUT2D eigenvalue weighted by Crippen LogP contribution is 2.33. The molecule has 0 radical (unpaired) electrons. The number of nitrogens with one attached hydrogen (secondary N) is 1. The number of methoxy groups -OCH3 is 1. The van der Waals surface area contributed by atoms with Gasteiger partial charge in [0.25, 0.3) is 0 Å². The molecule has 0 spiro atoms. The molecule has 0 aliphatic carbocycles. The number of rotatable bonds is 10. The van der Waals surface area contributed by atoms with E-state index < -0.39 is 17.7 Å². The van der Waals surface area contributed by atoms with Gasteiger partial charge in [-0.05, 0) is 106 Å². The Morgan fingerprint density at radius 3 is 2.51 bits per heavy atom. The van der Waals surface area contributed by atoms with Gasteiger partial charge in [0.1, 0.15) is 17.4 Å². The molecular formula is C32H43F2N3O3S. The van der Waals surface area contributed by atoms with Gasteiger partial charge in [-0.2, -0.15) is 0 Å². The number of hydrogen-bond donors (Lipinski definition) is 3. The van der Waals surface area contributed by atoms with Crippen molar-refractivity contribution >= 4 is 22.7 Å². The van der Waals surface area contributed by atoms with Crippen molar-refractivity contribution < 1.29 is 23.7 Å². The van der Waals surface area contributed by atoms with E-state index in [1.54, 1.807) is 13.3 Å². The van der Waals surface area contributed by atoms with Crippen LogP contribution in [0.1, 0.15) is 50.2 Å². The molecule has 2 aromatic carbocycles. The molecule has 3 atom stereocenters. The number of ether oxygens (including phenoxy) is 1. The number of likely N-dealkylation sites (tertiary alicyclic amines) is 1. The number of hydrogen-bond acceptors (Lipinski definition) is 7. The normalized spacial score (nSPS) is 20.3. The van der Waals surface area contributed by atoms with Gasteiger partial charge in [0, 0.05) is 48.0 Å². The van der Waals surface area contributed by atoms with Gasteiger partial charge in [-0.15, -0.1) is 11.8 Å². The van der Waals surface area contributed by atoms with Gasteiger partial charge in [0.15, 0.2) is 0 Å². The van der Waals surface area contributed by atoms with Crippen molar-refractivity contribution in [1.82, 2.24) is 15.2 Å². The van der Waals surface area contributed by atoms with Gasteiger partial charge < -0.3 is 25.2 Å². The smallest absolute Gasteiger partial charge is 0.127 e. The second-order valence-electron chi connectivity index (χ2n) is 10.9. The fraction of sp³-hybridized carbons (Fsp3) is 0.531. The van der Waals surface area contributed by atoms with Gasteiger partial charge in [-0.1, -0.05) is 6.42 Å². The Bertz CT molecular complexity index is 1200. The second-order valence-corrected chi connectivity index (χ2v) is 12.1. The van der Waals surface area contributed by atoms with Gasteiger partial charge in [-0.25, -0.2) is 8.78 Å². The van der Waals surface area contributed by atoms with E-state index in [9.17, 15) is 19.0 Å². The number of aromatic nitrogens is 1. The topological polar surface area (TPSA) is 77.8 Å². The Morgan fingerprint density at radius 2 is 1.85 bits per heavy atom. The Hall–Kier alpha value is -2.30. The van der Waals surface area contributed by atoms with Crippen molar-refractivity contribution in [2.75, 3.05) is 52.2 Å². The van der Waals surface area contributed by atoms with E-state index in [2.05, 4.69) is 15.2 Å². The lowest BCUT2D eigenvalue weighted by molar-refractivity contribution is 0.0608. The van der Waals surface area contributed by atoms with Crippen LogP contribution in [0.3, 0.4) is 0 Å². The van der Waals surface area contributed by atoms with Crippen molar-refractivity contribution in [2.24, 2.45) is 11.8 Å². The maximum atomic E-state index is 13.4. The van der Waals surface area contributed by atoms with Gasteiger partial charge in [0.05, 0.1) is 18.7 Å². The highest BCUT2D eigenvalue weighted by Gasteiger charge is 2.29. The summed E-state index contributed by atoms with van der Waals surface area (Å²) >= 11 is 1.44. The van der Waals surface area contributed by atoms with Crippen LogP contribution in [0.25, 0.3) is 10.9 Å². The minimum absolute atomic E-state index is 0.106. The molecule has 224 valence electrons. The van der Waals surface area contributed by atoms with E-state index in [-0.39, 0.29) is 12.5 Å². The predicted octanol–water partition coefficient (Wildman–Crippen LogP) is 5.82. The molecule has 0 amide bonds. The van der Waals surface area contributed by atoms with Gasteiger partial charge >= 0.3 is 0 Å². The third-order valence-corrected chi connectivity index (χ3v) is 9.04. The zero-order valence-electron chi connectivity index (χ0n) is 23.9. The summed E-state index contributed by atoms with van der Waals surface area (Å²) in [5.41, 5.74) is 1.67. The Morgan fingerprint density at radius 1 is 1.07 bits per heavy atom. The molecule has 3 aromatic rings. The third-order valence-electron chi connectivity index (χ3n) is 8.08. The third kappa shape index (κ3) is 9.61. The SMILES string of the molecule is C1CCNCC1.COc1ccc2nccc(C(O)CC[C@@H]3CCN(CCSc4cc(F)cc(F)c4)C[C@@H]3CO)c2c1. The highest BCUT2D eigenvalue weighted by atomic mass is 32.2. The predicted molar refractivity (Wildman–Crippen MR) is 161 cm³/mol. The summed E-state index contributed by atoms with van der Waals surface area (Å²) in [6.45, 7) is 5.09. The van der Waals surface area contributed by atoms with Crippen LogP contribution in [0, 0.1) is 23.5 Å². The minimum atomic E-state index is -0.618. The minimum Gasteiger partial charge on any atom is -0.497 e. The maximum absolute atomic E-state index is 13.4. The number of fused-ring (bicyclic) bond motifs is 1. The van der Waals surface area contributed by atoms with Crippen molar-refractivity contribution in [3.8, 4) is 5.75 Å². The molecule has 2 saturated heterocycles. The summed E-state index contributed by atoms with van der Waals surface area (Å²) < 4.78 is 32.1. The molecule has 41 heavy (non-hydrogen) atoms. The summed E-state index contributed by atoms with van der Waals surface area (Å²) in [6, 6.07) is 11.1. The standard InChI is InChI=1S/C27H32F2N2O3S.C5H11N/c1-34-22-3-4-26-25(15-22)24(6-8-30-26)27(33)5-2-18-7-9-31(16-19(18)17-32)10-11-35-23-13-20(28)12-21(29)14-23;1-2-4-6-5-3-1/h3-4,6,8,12-15,18-19,27,32-33H,2,5,7,9-11,16-17H2,1H3;6H,1-5H2/t18-,19-,27?;/m1./s1. The average molecular weight is 588 g/mol. The van der Waals surface area contributed by atoms with Crippen molar-refractivity contribution in [3.05, 3.63) is 65.9 Å². The second kappa shape index (κ2) is 16.4. The first-order valence-electron chi connectivity index (χ1n) is 14.7. The molecule has 2 aliphatic rings. The molecule has 3 N–H and O–H groups in total. The van der Waals surface area contributed by atoms with E-state index in [4.69, 9.17) is 4.74 Å². The van der Waals surface area contributed by atoms with E-state index in [0.29, 0.717) is 17.2 Å². The first-order valence-corrected chi connectivity index (χ1v) is 15.7. The molecule has 1 unspecified atom stereocenters. The zero-order chi connectivity index (χ0) is 29.0. The van der Waals surface area contributed by atoms with Gasteiger partial charge in [0.2, 0.25) is 0 Å². The zero-order valence-corrected chi connectivity index (χ0v) is 24.7. The van der Waals surface area contributed by atoms with Crippen LogP contribution in [-0.2, 0) is 0 Å². The molecule has 6 nitrogen and oxygen atoms in total. The average Bonchev–Trinajstić information content (AvgIpc) is 3.00. The van der Waals surface area contributed by atoms with Crippen molar-refractivity contribution in [1.29, 1.82) is 0 Å². The fourth-order valence-corrected chi connectivity index (χ4v) is 6.72. The molecule has 1 aromatic heterocycles. The van der Waals surface area contributed by atoms with E-state index in [1.165, 1.54) is 56.2 Å². The number of thioether (sulfide) groups is 1. The summed E-state index contributed by atoms with van der Waals surface area (Å²) in [5, 5.41) is 25.2. The van der Waals surface area contributed by atoms with Crippen LogP contribution in [0.15, 0.2) is 53.6 Å². The van der Waals surface area contributed by atoms with Crippen LogP contribution in [-0.4, -0.2) is 72.3 Å². The quantitative estimate of drug-likeness (QED) is 0.258. The van der Waals surface area contributed by atoms with Gasteiger partial charge in [-0.3, -0.25) is 4.98 Å². The Kier molecular flexibility index (Phi) is 12.6.